The van der Waals surface area contributed by atoms with Crippen molar-refractivity contribution in [3.8, 4) is 0 Å². The van der Waals surface area contributed by atoms with Gasteiger partial charge in [-0.3, -0.25) is 4.79 Å². The van der Waals surface area contributed by atoms with Crippen molar-refractivity contribution in [3.05, 3.63) is 58.9 Å². The van der Waals surface area contributed by atoms with Crippen LogP contribution in [0.15, 0.2) is 42.6 Å². The molecule has 21 heavy (non-hydrogen) atoms. The molecule has 0 atom stereocenters. The number of nitrogens with one attached hydrogen (secondary N) is 1. The molecule has 0 bridgehead atoms. The first-order valence-corrected chi connectivity index (χ1v) is 6.58. The van der Waals surface area contributed by atoms with Gasteiger partial charge in [0.2, 0.25) is 0 Å². The summed E-state index contributed by atoms with van der Waals surface area (Å²) in [6.45, 7) is 1.51. The maximum absolute atomic E-state index is 11.7. The minimum Gasteiger partial charge on any atom is -0.452 e. The van der Waals surface area contributed by atoms with Gasteiger partial charge in [0.15, 0.2) is 6.61 Å². The minimum absolute atomic E-state index is 0.239. The molecule has 2 rings (SSSR count). The molecule has 0 radical (unpaired) electrons. The summed E-state index contributed by atoms with van der Waals surface area (Å²) >= 11 is 5.62. The summed E-state index contributed by atoms with van der Waals surface area (Å²) < 4.78 is 4.91. The van der Waals surface area contributed by atoms with E-state index in [1.807, 2.05) is 25.1 Å². The Bertz CT molecular complexity index is 656. The standard InChI is InChI=1S/C15H13ClN2O3/c1-10-4-2-3-5-12(10)18-14(19)9-21-15(20)11-6-7-13(16)17-8-11/h2-8H,9H2,1H3,(H,18,19). The van der Waals surface area contributed by atoms with Crippen molar-refractivity contribution >= 4 is 29.2 Å². The van der Waals surface area contributed by atoms with E-state index in [9.17, 15) is 9.59 Å². The minimum atomic E-state index is -0.626. The van der Waals surface area contributed by atoms with Crippen molar-refractivity contribution in [1.82, 2.24) is 4.98 Å². The van der Waals surface area contributed by atoms with Crippen molar-refractivity contribution in [2.45, 2.75) is 6.92 Å². The molecular weight excluding hydrogens is 292 g/mol. The number of amides is 1. The van der Waals surface area contributed by atoms with E-state index in [1.54, 1.807) is 6.07 Å². The van der Waals surface area contributed by atoms with Gasteiger partial charge in [0.25, 0.3) is 5.91 Å². The van der Waals surface area contributed by atoms with E-state index >= 15 is 0 Å². The van der Waals surface area contributed by atoms with Crippen LogP contribution in [-0.2, 0) is 9.53 Å². The zero-order valence-corrected chi connectivity index (χ0v) is 12.1. The van der Waals surface area contributed by atoms with Crippen molar-refractivity contribution in [2.75, 3.05) is 11.9 Å². The number of ether oxygens (including phenoxy) is 1. The number of carbonyl (C=O) groups excluding carboxylic acids is 2. The summed E-state index contributed by atoms with van der Waals surface area (Å²) in [5.41, 5.74) is 1.86. The van der Waals surface area contributed by atoms with Crippen LogP contribution >= 0.6 is 11.6 Å². The van der Waals surface area contributed by atoms with Gasteiger partial charge in [0, 0.05) is 11.9 Å². The molecule has 2 aromatic rings. The van der Waals surface area contributed by atoms with Gasteiger partial charge >= 0.3 is 5.97 Å². The predicted octanol–water partition coefficient (Wildman–Crippen LogP) is 2.84. The number of aromatic nitrogens is 1. The molecule has 0 fully saturated rings. The number of nitrogens with zero attached hydrogens (tertiary/aromatic N) is 1. The number of anilines is 1. The number of hydrogen-bond acceptors (Lipinski definition) is 4. The van der Waals surface area contributed by atoms with E-state index in [0.717, 1.165) is 5.56 Å². The number of esters is 1. The van der Waals surface area contributed by atoms with Crippen LogP contribution in [0.25, 0.3) is 0 Å². The second kappa shape index (κ2) is 6.85. The van der Waals surface area contributed by atoms with Crippen molar-refractivity contribution in [3.63, 3.8) is 0 Å². The third-order valence-corrected chi connectivity index (χ3v) is 2.94. The molecule has 1 N–H and O–H groups in total. The lowest BCUT2D eigenvalue weighted by Gasteiger charge is -2.08. The van der Waals surface area contributed by atoms with Gasteiger partial charge < -0.3 is 10.1 Å². The quantitative estimate of drug-likeness (QED) is 0.696. The van der Waals surface area contributed by atoms with Gasteiger partial charge in [-0.2, -0.15) is 0 Å². The Hall–Kier alpha value is -2.40. The second-order valence-corrected chi connectivity index (χ2v) is 4.70. The molecular formula is C15H13ClN2O3. The normalized spacial score (nSPS) is 10.0. The average molecular weight is 305 g/mol. The predicted molar refractivity (Wildman–Crippen MR) is 79.3 cm³/mol. The fourth-order valence-electron chi connectivity index (χ4n) is 1.61. The summed E-state index contributed by atoms with van der Waals surface area (Å²) in [4.78, 5) is 27.2. The van der Waals surface area contributed by atoms with E-state index in [4.69, 9.17) is 16.3 Å². The molecule has 0 saturated carbocycles. The number of hydrogen-bond donors (Lipinski definition) is 1. The van der Waals surface area contributed by atoms with Gasteiger partial charge in [0.1, 0.15) is 5.15 Å². The van der Waals surface area contributed by atoms with Crippen LogP contribution in [0.1, 0.15) is 15.9 Å². The molecule has 5 nitrogen and oxygen atoms in total. The summed E-state index contributed by atoms with van der Waals surface area (Å²) in [5.74, 6) is -1.03. The smallest absolute Gasteiger partial charge is 0.340 e. The summed E-state index contributed by atoms with van der Waals surface area (Å²) in [6.07, 6.45) is 1.30. The molecule has 0 aliphatic heterocycles. The summed E-state index contributed by atoms with van der Waals surface area (Å²) in [7, 11) is 0. The van der Waals surface area contributed by atoms with E-state index in [-0.39, 0.29) is 17.3 Å². The molecule has 0 spiro atoms. The number of aryl methyl sites for hydroxylation is 1. The second-order valence-electron chi connectivity index (χ2n) is 4.31. The van der Waals surface area contributed by atoms with E-state index < -0.39 is 11.9 Å². The fourth-order valence-corrected chi connectivity index (χ4v) is 1.72. The third kappa shape index (κ3) is 4.29. The maximum atomic E-state index is 11.7. The van der Waals surface area contributed by atoms with Gasteiger partial charge in [-0.1, -0.05) is 29.8 Å². The number of rotatable bonds is 4. The molecule has 0 aliphatic rings. The monoisotopic (exact) mass is 304 g/mol. The van der Waals surface area contributed by atoms with Crippen LogP contribution < -0.4 is 5.32 Å². The van der Waals surface area contributed by atoms with Crippen molar-refractivity contribution in [1.29, 1.82) is 0 Å². The molecule has 0 saturated heterocycles. The lowest BCUT2D eigenvalue weighted by atomic mass is 10.2. The van der Waals surface area contributed by atoms with Gasteiger partial charge in [-0.05, 0) is 30.7 Å². The van der Waals surface area contributed by atoms with Crippen molar-refractivity contribution in [2.24, 2.45) is 0 Å². The Morgan fingerprint density at radius 3 is 2.67 bits per heavy atom. The Balaban J connectivity index is 1.88. The first-order valence-electron chi connectivity index (χ1n) is 6.20. The molecule has 1 aromatic carbocycles. The maximum Gasteiger partial charge on any atom is 0.340 e. The van der Waals surface area contributed by atoms with E-state index in [1.165, 1.54) is 18.3 Å². The first kappa shape index (κ1) is 15.0. The molecule has 1 heterocycles. The molecule has 0 aliphatic carbocycles. The Morgan fingerprint density at radius 1 is 1.24 bits per heavy atom. The molecule has 1 amide bonds. The van der Waals surface area contributed by atoms with Crippen LogP contribution in [0, 0.1) is 6.92 Å². The highest BCUT2D eigenvalue weighted by Gasteiger charge is 2.11. The average Bonchev–Trinajstić information content (AvgIpc) is 2.48. The number of benzene rings is 1. The first-order chi connectivity index (χ1) is 10.1. The Morgan fingerprint density at radius 2 is 2.00 bits per heavy atom. The van der Waals surface area contributed by atoms with Gasteiger partial charge in [-0.15, -0.1) is 0 Å². The molecule has 0 unspecified atom stereocenters. The number of para-hydroxylation sites is 1. The molecule has 108 valence electrons. The number of carbonyl (C=O) groups is 2. The highest BCUT2D eigenvalue weighted by Crippen LogP contribution is 2.13. The summed E-state index contributed by atoms with van der Waals surface area (Å²) in [6, 6.07) is 10.3. The van der Waals surface area contributed by atoms with E-state index in [2.05, 4.69) is 10.3 Å². The zero-order chi connectivity index (χ0) is 15.2. The van der Waals surface area contributed by atoms with Crippen LogP contribution in [0.2, 0.25) is 5.15 Å². The van der Waals surface area contributed by atoms with Crippen LogP contribution in [0.5, 0.6) is 0 Å². The molecule has 6 heteroatoms. The number of halogens is 1. The Kier molecular flexibility index (Phi) is 4.90. The summed E-state index contributed by atoms with van der Waals surface area (Å²) in [5, 5.41) is 2.95. The largest absolute Gasteiger partial charge is 0.452 e. The lowest BCUT2D eigenvalue weighted by Crippen LogP contribution is -2.21. The van der Waals surface area contributed by atoms with E-state index in [0.29, 0.717) is 5.69 Å². The topological polar surface area (TPSA) is 68.3 Å². The van der Waals surface area contributed by atoms with Gasteiger partial charge in [0.05, 0.1) is 5.56 Å². The van der Waals surface area contributed by atoms with Crippen LogP contribution in [0.4, 0.5) is 5.69 Å². The molecule has 1 aromatic heterocycles. The van der Waals surface area contributed by atoms with Crippen molar-refractivity contribution < 1.29 is 14.3 Å². The highest BCUT2D eigenvalue weighted by molar-refractivity contribution is 6.29. The zero-order valence-electron chi connectivity index (χ0n) is 11.3. The SMILES string of the molecule is Cc1ccccc1NC(=O)COC(=O)c1ccc(Cl)nc1. The third-order valence-electron chi connectivity index (χ3n) is 2.72. The van der Waals surface area contributed by atoms with Gasteiger partial charge in [-0.25, -0.2) is 9.78 Å². The lowest BCUT2D eigenvalue weighted by molar-refractivity contribution is -0.119. The van der Waals surface area contributed by atoms with Crippen LogP contribution in [-0.4, -0.2) is 23.5 Å². The van der Waals surface area contributed by atoms with Crippen LogP contribution in [0.3, 0.4) is 0 Å². The Labute approximate surface area is 126 Å². The highest BCUT2D eigenvalue weighted by atomic mass is 35.5. The number of pyridine rings is 1. The fraction of sp³-hybridized carbons (Fsp3) is 0.133.